The summed E-state index contributed by atoms with van der Waals surface area (Å²) in [6, 6.07) is 3.51. The fourth-order valence-corrected chi connectivity index (χ4v) is 1.91. The molecule has 2 aromatic rings. The fraction of sp³-hybridized carbons (Fsp3) is 0.308. The summed E-state index contributed by atoms with van der Waals surface area (Å²) >= 11 is 0. The van der Waals surface area contributed by atoms with Crippen LogP contribution in [0, 0.1) is 18.6 Å². The number of nitrogens with one attached hydrogen (secondary N) is 1. The quantitative estimate of drug-likeness (QED) is 0.892. The molecular formula is C13H15F2N3O. The van der Waals surface area contributed by atoms with Crippen molar-refractivity contribution in [1.29, 1.82) is 0 Å². The molecule has 0 aliphatic rings. The molecule has 4 nitrogen and oxygen atoms in total. The maximum absolute atomic E-state index is 13.5. The predicted molar refractivity (Wildman–Crippen MR) is 67.8 cm³/mol. The highest BCUT2D eigenvalue weighted by atomic mass is 19.1. The smallest absolute Gasteiger partial charge is 0.132 e. The van der Waals surface area contributed by atoms with E-state index in [9.17, 15) is 13.9 Å². The molecule has 1 unspecified atom stereocenters. The first-order valence-electron chi connectivity index (χ1n) is 5.85. The second-order valence-corrected chi connectivity index (χ2v) is 4.33. The maximum atomic E-state index is 13.5. The average Bonchev–Trinajstić information content (AvgIpc) is 2.65. The lowest BCUT2D eigenvalue weighted by Crippen LogP contribution is -2.15. The summed E-state index contributed by atoms with van der Waals surface area (Å²) in [5.41, 5.74) is 1.15. The lowest BCUT2D eigenvalue weighted by molar-refractivity contribution is 0.181. The monoisotopic (exact) mass is 267 g/mol. The molecule has 19 heavy (non-hydrogen) atoms. The lowest BCUT2D eigenvalue weighted by Gasteiger charge is -2.14. The van der Waals surface area contributed by atoms with Gasteiger partial charge in [-0.05, 0) is 19.1 Å². The highest BCUT2D eigenvalue weighted by Gasteiger charge is 2.17. The zero-order valence-corrected chi connectivity index (χ0v) is 10.7. The van der Waals surface area contributed by atoms with Gasteiger partial charge in [0.2, 0.25) is 0 Å². The summed E-state index contributed by atoms with van der Waals surface area (Å²) in [5.74, 6) is -1.51. The van der Waals surface area contributed by atoms with Crippen LogP contribution in [-0.2, 0) is 7.05 Å². The van der Waals surface area contributed by atoms with Crippen LogP contribution in [0.1, 0.15) is 17.4 Å². The van der Waals surface area contributed by atoms with E-state index in [-0.39, 0.29) is 12.1 Å². The summed E-state index contributed by atoms with van der Waals surface area (Å²) in [7, 11) is 1.77. The molecular weight excluding hydrogens is 252 g/mol. The third kappa shape index (κ3) is 2.90. The van der Waals surface area contributed by atoms with E-state index in [0.29, 0.717) is 0 Å². The third-order valence-electron chi connectivity index (χ3n) is 2.83. The Morgan fingerprint density at radius 1 is 1.37 bits per heavy atom. The number of benzene rings is 1. The van der Waals surface area contributed by atoms with E-state index < -0.39 is 17.7 Å². The molecule has 2 rings (SSSR count). The van der Waals surface area contributed by atoms with Crippen LogP contribution in [0.25, 0.3) is 0 Å². The number of hydrogen-bond acceptors (Lipinski definition) is 3. The molecule has 0 saturated carbocycles. The minimum atomic E-state index is -1.26. The van der Waals surface area contributed by atoms with Crippen molar-refractivity contribution >= 4 is 5.69 Å². The Morgan fingerprint density at radius 2 is 2.00 bits per heavy atom. The summed E-state index contributed by atoms with van der Waals surface area (Å²) in [5, 5.41) is 16.9. The summed E-state index contributed by atoms with van der Waals surface area (Å²) in [4.78, 5) is 0. The van der Waals surface area contributed by atoms with E-state index in [1.807, 2.05) is 0 Å². The second kappa shape index (κ2) is 5.36. The van der Waals surface area contributed by atoms with Gasteiger partial charge in [-0.15, -0.1) is 0 Å². The molecule has 1 aromatic carbocycles. The van der Waals surface area contributed by atoms with Crippen molar-refractivity contribution in [3.63, 3.8) is 0 Å². The number of halogens is 2. The topological polar surface area (TPSA) is 50.1 Å². The Kier molecular flexibility index (Phi) is 3.80. The van der Waals surface area contributed by atoms with Gasteiger partial charge >= 0.3 is 0 Å². The van der Waals surface area contributed by atoms with Gasteiger partial charge in [-0.25, -0.2) is 8.78 Å². The van der Waals surface area contributed by atoms with Crippen LogP contribution < -0.4 is 5.32 Å². The first kappa shape index (κ1) is 13.5. The molecule has 0 aliphatic heterocycles. The Labute approximate surface area is 109 Å². The molecule has 0 saturated heterocycles. The number of anilines is 1. The Balaban J connectivity index is 2.09. The van der Waals surface area contributed by atoms with E-state index in [2.05, 4.69) is 10.4 Å². The molecule has 1 heterocycles. The zero-order valence-electron chi connectivity index (χ0n) is 10.7. The Hall–Kier alpha value is -1.95. The summed E-state index contributed by atoms with van der Waals surface area (Å²) < 4.78 is 28.6. The summed E-state index contributed by atoms with van der Waals surface area (Å²) in [6.45, 7) is 1.81. The first-order valence-corrected chi connectivity index (χ1v) is 5.85. The van der Waals surface area contributed by atoms with Crippen LogP contribution in [-0.4, -0.2) is 21.4 Å². The predicted octanol–water partition coefficient (Wildman–Crippen LogP) is 2.15. The highest BCUT2D eigenvalue weighted by molar-refractivity contribution is 5.45. The lowest BCUT2D eigenvalue weighted by atomic mass is 10.1. The summed E-state index contributed by atoms with van der Waals surface area (Å²) in [6.07, 6.45) is 0.473. The van der Waals surface area contributed by atoms with Crippen LogP contribution in [0.3, 0.4) is 0 Å². The largest absolute Gasteiger partial charge is 0.386 e. The molecule has 1 aromatic heterocycles. The normalized spacial score (nSPS) is 12.5. The third-order valence-corrected chi connectivity index (χ3v) is 2.83. The molecule has 1 atom stereocenters. The number of aliphatic hydroxyl groups is 1. The SMILES string of the molecule is Cc1nn(C)cc1NCC(O)c1c(F)cccc1F. The van der Waals surface area contributed by atoms with E-state index in [1.54, 1.807) is 24.9 Å². The van der Waals surface area contributed by atoms with E-state index in [0.717, 1.165) is 23.5 Å². The van der Waals surface area contributed by atoms with Gasteiger partial charge in [-0.3, -0.25) is 4.68 Å². The maximum Gasteiger partial charge on any atom is 0.132 e. The van der Waals surface area contributed by atoms with Crippen molar-refractivity contribution in [3.8, 4) is 0 Å². The number of aryl methyl sites for hydroxylation is 2. The first-order chi connectivity index (χ1) is 8.99. The van der Waals surface area contributed by atoms with Gasteiger partial charge in [0.25, 0.3) is 0 Å². The van der Waals surface area contributed by atoms with Crippen LogP contribution in [0.5, 0.6) is 0 Å². The van der Waals surface area contributed by atoms with Gasteiger partial charge < -0.3 is 10.4 Å². The number of aliphatic hydroxyl groups excluding tert-OH is 1. The van der Waals surface area contributed by atoms with E-state index in [1.165, 1.54) is 6.07 Å². The molecule has 6 heteroatoms. The Bertz CT molecular complexity index is 563. The van der Waals surface area contributed by atoms with Crippen molar-refractivity contribution in [2.75, 3.05) is 11.9 Å². The standard InChI is InChI=1S/C13H15F2N3O/c1-8-11(7-18(2)17-8)16-6-12(19)13-9(14)4-3-5-10(13)15/h3-5,7,12,16,19H,6H2,1-2H3. The van der Waals surface area contributed by atoms with Gasteiger partial charge in [0.1, 0.15) is 17.7 Å². The van der Waals surface area contributed by atoms with Crippen LogP contribution in [0.4, 0.5) is 14.5 Å². The van der Waals surface area contributed by atoms with Crippen molar-refractivity contribution < 1.29 is 13.9 Å². The molecule has 0 spiro atoms. The minimum absolute atomic E-state index is 0.00435. The Morgan fingerprint density at radius 3 is 2.53 bits per heavy atom. The number of hydrogen-bond donors (Lipinski definition) is 2. The van der Waals surface area contributed by atoms with Crippen molar-refractivity contribution in [2.24, 2.45) is 7.05 Å². The molecule has 0 radical (unpaired) electrons. The zero-order chi connectivity index (χ0) is 14.0. The number of nitrogens with zero attached hydrogens (tertiary/aromatic N) is 2. The van der Waals surface area contributed by atoms with Gasteiger partial charge in [0.05, 0.1) is 16.9 Å². The minimum Gasteiger partial charge on any atom is -0.386 e. The van der Waals surface area contributed by atoms with Gasteiger partial charge in [0.15, 0.2) is 0 Å². The van der Waals surface area contributed by atoms with Crippen LogP contribution >= 0.6 is 0 Å². The van der Waals surface area contributed by atoms with Gasteiger partial charge in [-0.1, -0.05) is 6.07 Å². The molecule has 0 aliphatic carbocycles. The molecule has 102 valence electrons. The molecule has 0 bridgehead atoms. The van der Waals surface area contributed by atoms with Gasteiger partial charge in [0, 0.05) is 19.8 Å². The van der Waals surface area contributed by atoms with Crippen LogP contribution in [0.15, 0.2) is 24.4 Å². The van der Waals surface area contributed by atoms with Gasteiger partial charge in [-0.2, -0.15) is 5.10 Å². The molecule has 0 fully saturated rings. The average molecular weight is 267 g/mol. The van der Waals surface area contributed by atoms with Crippen molar-refractivity contribution in [2.45, 2.75) is 13.0 Å². The fourth-order valence-electron chi connectivity index (χ4n) is 1.91. The van der Waals surface area contributed by atoms with Crippen LogP contribution in [0.2, 0.25) is 0 Å². The van der Waals surface area contributed by atoms with Crippen molar-refractivity contribution in [3.05, 3.63) is 47.3 Å². The number of aromatic nitrogens is 2. The highest BCUT2D eigenvalue weighted by Crippen LogP contribution is 2.21. The number of rotatable bonds is 4. The second-order valence-electron chi connectivity index (χ2n) is 4.33. The van der Waals surface area contributed by atoms with E-state index in [4.69, 9.17) is 0 Å². The van der Waals surface area contributed by atoms with E-state index >= 15 is 0 Å². The van der Waals surface area contributed by atoms with Crippen molar-refractivity contribution in [1.82, 2.24) is 9.78 Å². The molecule has 2 N–H and O–H groups in total. The molecule has 0 amide bonds.